The van der Waals surface area contributed by atoms with Crippen LogP contribution in [0.3, 0.4) is 0 Å². The topological polar surface area (TPSA) is 77.4 Å². The van der Waals surface area contributed by atoms with Gasteiger partial charge in [-0.2, -0.15) is 0 Å². The van der Waals surface area contributed by atoms with E-state index >= 15 is 0 Å². The van der Waals surface area contributed by atoms with Crippen LogP contribution in [0.4, 0.5) is 5.69 Å². The summed E-state index contributed by atoms with van der Waals surface area (Å²) in [6.07, 6.45) is 0.213. The fourth-order valence-electron chi connectivity index (χ4n) is 2.73. The Balaban J connectivity index is 1.61. The Bertz CT molecular complexity index is 1020. The Morgan fingerprint density at radius 1 is 1.07 bits per heavy atom. The van der Waals surface area contributed by atoms with Gasteiger partial charge in [0.05, 0.1) is 24.2 Å². The lowest BCUT2D eigenvalue weighted by Crippen LogP contribution is -2.21. The second-order valence-corrected chi connectivity index (χ2v) is 7.01. The van der Waals surface area contributed by atoms with Crippen molar-refractivity contribution in [1.29, 1.82) is 0 Å². The van der Waals surface area contributed by atoms with Gasteiger partial charge in [0.2, 0.25) is 5.91 Å². The number of carbonyl (C=O) groups excluding carboxylic acids is 2. The summed E-state index contributed by atoms with van der Waals surface area (Å²) >= 11 is 1.12. The summed E-state index contributed by atoms with van der Waals surface area (Å²) in [4.78, 5) is 36.4. The minimum absolute atomic E-state index is 0.0720. The van der Waals surface area contributed by atoms with E-state index in [9.17, 15) is 14.4 Å². The van der Waals surface area contributed by atoms with Crippen LogP contribution in [-0.4, -0.2) is 23.1 Å². The van der Waals surface area contributed by atoms with E-state index in [1.54, 1.807) is 34.2 Å². The standard InChI is InChI=1S/C21H20N2O4S/c1-15-14-28-21(26)23(15)11-12-27-20(25)17-9-5-6-10-18(17)22-19(24)13-16-7-3-2-4-8-16/h2-10,14H,11-13H2,1H3,(H,22,24). The number of esters is 1. The second kappa shape index (κ2) is 9.14. The molecular formula is C21H20N2O4S. The number of aromatic nitrogens is 1. The molecule has 0 bridgehead atoms. The highest BCUT2D eigenvalue weighted by Crippen LogP contribution is 2.17. The zero-order valence-corrected chi connectivity index (χ0v) is 16.2. The minimum Gasteiger partial charge on any atom is -0.460 e. The fraction of sp³-hybridized carbons (Fsp3) is 0.190. The quantitative estimate of drug-likeness (QED) is 0.622. The molecule has 1 heterocycles. The number of para-hydroxylation sites is 1. The smallest absolute Gasteiger partial charge is 0.340 e. The molecule has 3 rings (SSSR count). The molecule has 0 fully saturated rings. The molecular weight excluding hydrogens is 376 g/mol. The second-order valence-electron chi connectivity index (χ2n) is 6.19. The van der Waals surface area contributed by atoms with E-state index in [1.165, 1.54) is 0 Å². The van der Waals surface area contributed by atoms with E-state index in [-0.39, 0.29) is 29.4 Å². The molecule has 0 spiro atoms. The van der Waals surface area contributed by atoms with Crippen molar-refractivity contribution in [3.63, 3.8) is 0 Å². The van der Waals surface area contributed by atoms with Gasteiger partial charge in [-0.05, 0) is 24.6 Å². The lowest BCUT2D eigenvalue weighted by atomic mass is 10.1. The number of carbonyl (C=O) groups is 2. The number of hydrogen-bond acceptors (Lipinski definition) is 5. The molecule has 0 unspecified atom stereocenters. The summed E-state index contributed by atoms with van der Waals surface area (Å²) in [5.41, 5.74) is 2.40. The van der Waals surface area contributed by atoms with Crippen LogP contribution in [-0.2, 0) is 22.5 Å². The van der Waals surface area contributed by atoms with E-state index < -0.39 is 5.97 Å². The Morgan fingerprint density at radius 2 is 1.79 bits per heavy atom. The van der Waals surface area contributed by atoms with Crippen molar-refractivity contribution in [3.8, 4) is 0 Å². The van der Waals surface area contributed by atoms with E-state index in [2.05, 4.69) is 5.32 Å². The number of nitrogens with zero attached hydrogens (tertiary/aromatic N) is 1. The third kappa shape index (κ3) is 4.95. The molecule has 3 aromatic rings. The maximum absolute atomic E-state index is 12.4. The van der Waals surface area contributed by atoms with Crippen LogP contribution in [0.15, 0.2) is 64.8 Å². The highest BCUT2D eigenvalue weighted by molar-refractivity contribution is 7.07. The largest absolute Gasteiger partial charge is 0.460 e. The van der Waals surface area contributed by atoms with Gasteiger partial charge in [0.1, 0.15) is 6.61 Å². The van der Waals surface area contributed by atoms with Crippen molar-refractivity contribution >= 4 is 28.9 Å². The van der Waals surface area contributed by atoms with E-state index in [0.29, 0.717) is 12.2 Å². The van der Waals surface area contributed by atoms with Crippen LogP contribution in [0.25, 0.3) is 0 Å². The van der Waals surface area contributed by atoms with Gasteiger partial charge >= 0.3 is 10.8 Å². The normalized spacial score (nSPS) is 10.5. The van der Waals surface area contributed by atoms with Gasteiger partial charge in [0.15, 0.2) is 0 Å². The van der Waals surface area contributed by atoms with Crippen molar-refractivity contribution in [1.82, 2.24) is 4.57 Å². The molecule has 7 heteroatoms. The maximum atomic E-state index is 12.4. The van der Waals surface area contributed by atoms with Crippen molar-refractivity contribution < 1.29 is 14.3 Å². The van der Waals surface area contributed by atoms with E-state index in [1.807, 2.05) is 37.3 Å². The van der Waals surface area contributed by atoms with E-state index in [0.717, 1.165) is 22.6 Å². The predicted molar refractivity (Wildman–Crippen MR) is 109 cm³/mol. The first-order chi connectivity index (χ1) is 13.5. The summed E-state index contributed by atoms with van der Waals surface area (Å²) in [5.74, 6) is -0.761. The van der Waals surface area contributed by atoms with E-state index in [4.69, 9.17) is 4.74 Å². The highest BCUT2D eigenvalue weighted by Gasteiger charge is 2.15. The Hall–Kier alpha value is -3.19. The number of aryl methyl sites for hydroxylation is 1. The van der Waals surface area contributed by atoms with Crippen molar-refractivity contribution in [2.24, 2.45) is 0 Å². The first kappa shape index (κ1) is 19.6. The molecule has 144 valence electrons. The summed E-state index contributed by atoms with van der Waals surface area (Å²) < 4.78 is 6.87. The lowest BCUT2D eigenvalue weighted by molar-refractivity contribution is -0.115. The molecule has 0 saturated carbocycles. The minimum atomic E-state index is -0.545. The van der Waals surface area contributed by atoms with Crippen molar-refractivity contribution in [2.45, 2.75) is 19.9 Å². The van der Waals surface area contributed by atoms with Crippen LogP contribution >= 0.6 is 11.3 Å². The van der Waals surface area contributed by atoms with Gasteiger partial charge in [-0.25, -0.2) is 4.79 Å². The maximum Gasteiger partial charge on any atom is 0.340 e. The summed E-state index contributed by atoms with van der Waals surface area (Å²) in [5, 5.41) is 4.53. The fourth-order valence-corrected chi connectivity index (χ4v) is 3.49. The molecule has 0 aliphatic carbocycles. The SMILES string of the molecule is Cc1csc(=O)n1CCOC(=O)c1ccccc1NC(=O)Cc1ccccc1. The molecule has 1 amide bonds. The average molecular weight is 396 g/mol. The summed E-state index contributed by atoms with van der Waals surface area (Å²) in [6.45, 7) is 2.20. The van der Waals surface area contributed by atoms with Crippen LogP contribution in [0.5, 0.6) is 0 Å². The van der Waals surface area contributed by atoms with Gasteiger partial charge < -0.3 is 10.1 Å². The van der Waals surface area contributed by atoms with Crippen LogP contribution in [0.1, 0.15) is 21.6 Å². The van der Waals surface area contributed by atoms with Crippen LogP contribution in [0, 0.1) is 6.92 Å². The number of hydrogen-bond donors (Lipinski definition) is 1. The third-order valence-corrected chi connectivity index (χ3v) is 5.03. The molecule has 6 nitrogen and oxygen atoms in total. The number of rotatable bonds is 7. The van der Waals surface area contributed by atoms with Crippen molar-refractivity contribution in [2.75, 3.05) is 11.9 Å². The zero-order valence-electron chi connectivity index (χ0n) is 15.4. The lowest BCUT2D eigenvalue weighted by Gasteiger charge is -2.11. The summed E-state index contributed by atoms with van der Waals surface area (Å²) in [7, 11) is 0. The number of anilines is 1. The van der Waals surface area contributed by atoms with Gasteiger partial charge in [-0.3, -0.25) is 14.2 Å². The summed E-state index contributed by atoms with van der Waals surface area (Å²) in [6, 6.07) is 16.1. The van der Waals surface area contributed by atoms with Gasteiger partial charge in [-0.15, -0.1) is 0 Å². The Morgan fingerprint density at radius 3 is 2.50 bits per heavy atom. The van der Waals surface area contributed by atoms with Crippen molar-refractivity contribution in [3.05, 3.63) is 86.5 Å². The molecule has 1 aromatic heterocycles. The monoisotopic (exact) mass is 396 g/mol. The Labute approximate surface area is 166 Å². The zero-order chi connectivity index (χ0) is 19.9. The average Bonchev–Trinajstić information content (AvgIpc) is 3.01. The van der Waals surface area contributed by atoms with Gasteiger partial charge in [-0.1, -0.05) is 53.8 Å². The number of benzene rings is 2. The van der Waals surface area contributed by atoms with Gasteiger partial charge in [0, 0.05) is 11.1 Å². The van der Waals surface area contributed by atoms with Gasteiger partial charge in [0.25, 0.3) is 0 Å². The molecule has 2 aromatic carbocycles. The molecule has 1 N–H and O–H groups in total. The predicted octanol–water partition coefficient (Wildman–Crippen LogP) is 3.26. The number of thiazole rings is 1. The molecule has 0 radical (unpaired) electrons. The van der Waals surface area contributed by atoms with Crippen LogP contribution in [0.2, 0.25) is 0 Å². The number of nitrogens with one attached hydrogen (secondary N) is 1. The molecule has 0 saturated heterocycles. The number of ether oxygens (including phenoxy) is 1. The first-order valence-corrected chi connectivity index (χ1v) is 9.67. The number of amides is 1. The molecule has 0 aliphatic heterocycles. The third-order valence-electron chi connectivity index (χ3n) is 4.15. The Kier molecular flexibility index (Phi) is 6.39. The molecule has 0 aliphatic rings. The molecule has 0 atom stereocenters. The first-order valence-electron chi connectivity index (χ1n) is 8.79. The molecule has 28 heavy (non-hydrogen) atoms. The highest BCUT2D eigenvalue weighted by atomic mass is 32.1. The van der Waals surface area contributed by atoms with Crippen LogP contribution < -0.4 is 10.2 Å².